The molecule has 0 aliphatic carbocycles. The molecule has 4 nitrogen and oxygen atoms in total. The van der Waals surface area contributed by atoms with E-state index in [-0.39, 0.29) is 18.0 Å². The van der Waals surface area contributed by atoms with Crippen LogP contribution in [-0.2, 0) is 11.2 Å². The van der Waals surface area contributed by atoms with E-state index in [9.17, 15) is 13.6 Å². The van der Waals surface area contributed by atoms with Gasteiger partial charge >= 0.3 is 0 Å². The second-order valence-corrected chi connectivity index (χ2v) is 4.87. The number of H-pyrrole nitrogens is 1. The largest absolute Gasteiger partial charge is 0.342 e. The number of anilines is 1. The number of amides is 1. The fourth-order valence-electron chi connectivity index (χ4n) is 2.16. The highest BCUT2D eigenvalue weighted by Gasteiger charge is 2.09. The first-order valence-corrected chi connectivity index (χ1v) is 6.80. The average Bonchev–Trinajstić information content (AvgIpc) is 2.91. The minimum Gasteiger partial charge on any atom is -0.342 e. The average molecular weight is 301 g/mol. The van der Waals surface area contributed by atoms with Gasteiger partial charge in [-0.05, 0) is 24.3 Å². The summed E-state index contributed by atoms with van der Waals surface area (Å²) in [5, 5.41) is 2.42. The summed E-state index contributed by atoms with van der Waals surface area (Å²) >= 11 is 0. The van der Waals surface area contributed by atoms with Gasteiger partial charge in [-0.1, -0.05) is 12.1 Å². The molecule has 0 unspecified atom stereocenters. The number of aromatic nitrogens is 2. The van der Waals surface area contributed by atoms with Crippen molar-refractivity contribution in [1.82, 2.24) is 9.97 Å². The van der Waals surface area contributed by atoms with E-state index < -0.39 is 11.6 Å². The SMILES string of the molecule is O=C(CCc1nc2ccccc2[nH]1)Nc1ccc(F)cc1F. The van der Waals surface area contributed by atoms with E-state index in [4.69, 9.17) is 0 Å². The number of carbonyl (C=O) groups excluding carboxylic acids is 1. The van der Waals surface area contributed by atoms with E-state index in [0.29, 0.717) is 12.2 Å². The van der Waals surface area contributed by atoms with Crippen molar-refractivity contribution in [2.45, 2.75) is 12.8 Å². The Bertz CT molecular complexity index is 796. The Balaban J connectivity index is 1.62. The van der Waals surface area contributed by atoms with Crippen molar-refractivity contribution >= 4 is 22.6 Å². The van der Waals surface area contributed by atoms with Gasteiger partial charge in [-0.25, -0.2) is 13.8 Å². The molecule has 0 aliphatic heterocycles. The zero-order valence-corrected chi connectivity index (χ0v) is 11.6. The van der Waals surface area contributed by atoms with Crippen LogP contribution in [0.1, 0.15) is 12.2 Å². The van der Waals surface area contributed by atoms with Crippen molar-refractivity contribution in [3.05, 3.63) is 59.9 Å². The number of aromatic amines is 1. The maximum atomic E-state index is 13.4. The van der Waals surface area contributed by atoms with E-state index in [2.05, 4.69) is 15.3 Å². The van der Waals surface area contributed by atoms with Crippen molar-refractivity contribution in [3.8, 4) is 0 Å². The molecule has 0 aliphatic rings. The minimum atomic E-state index is -0.794. The Morgan fingerprint density at radius 2 is 2.00 bits per heavy atom. The summed E-state index contributed by atoms with van der Waals surface area (Å²) in [5.41, 5.74) is 1.71. The van der Waals surface area contributed by atoms with Gasteiger partial charge in [-0.2, -0.15) is 0 Å². The lowest BCUT2D eigenvalue weighted by atomic mass is 10.2. The molecular weight excluding hydrogens is 288 g/mol. The topological polar surface area (TPSA) is 57.8 Å². The lowest BCUT2D eigenvalue weighted by Crippen LogP contribution is -2.13. The maximum absolute atomic E-state index is 13.4. The molecule has 6 heteroatoms. The highest BCUT2D eigenvalue weighted by atomic mass is 19.1. The number of nitrogens with one attached hydrogen (secondary N) is 2. The number of fused-ring (bicyclic) bond motifs is 1. The molecule has 1 amide bonds. The second kappa shape index (κ2) is 5.93. The van der Waals surface area contributed by atoms with Crippen LogP contribution in [0.15, 0.2) is 42.5 Å². The van der Waals surface area contributed by atoms with Gasteiger partial charge in [0.05, 0.1) is 16.7 Å². The van der Waals surface area contributed by atoms with Crippen LogP contribution >= 0.6 is 0 Å². The molecule has 0 atom stereocenters. The van der Waals surface area contributed by atoms with Gasteiger partial charge < -0.3 is 10.3 Å². The molecule has 0 saturated heterocycles. The lowest BCUT2D eigenvalue weighted by molar-refractivity contribution is -0.116. The third-order valence-corrected chi connectivity index (χ3v) is 3.23. The summed E-state index contributed by atoms with van der Waals surface area (Å²) in [6, 6.07) is 10.6. The summed E-state index contributed by atoms with van der Waals surface area (Å²) < 4.78 is 26.2. The zero-order valence-electron chi connectivity index (χ0n) is 11.6. The van der Waals surface area contributed by atoms with Gasteiger partial charge in [0, 0.05) is 18.9 Å². The molecule has 0 fully saturated rings. The molecule has 1 heterocycles. The molecule has 3 rings (SSSR count). The van der Waals surface area contributed by atoms with E-state index >= 15 is 0 Å². The van der Waals surface area contributed by atoms with Crippen LogP contribution in [-0.4, -0.2) is 15.9 Å². The standard InChI is InChI=1S/C16H13F2N3O/c17-10-5-6-12(11(18)9-10)21-16(22)8-7-15-19-13-3-1-2-4-14(13)20-15/h1-6,9H,7-8H2,(H,19,20)(H,21,22). The molecule has 112 valence electrons. The van der Waals surface area contributed by atoms with Gasteiger partial charge in [0.2, 0.25) is 5.91 Å². The van der Waals surface area contributed by atoms with E-state index in [1.54, 1.807) is 0 Å². The van der Waals surface area contributed by atoms with Crippen molar-refractivity contribution < 1.29 is 13.6 Å². The molecule has 3 aromatic rings. The minimum absolute atomic E-state index is 0.0315. The number of halogens is 2. The van der Waals surface area contributed by atoms with Crippen LogP contribution in [0.3, 0.4) is 0 Å². The van der Waals surface area contributed by atoms with Gasteiger partial charge in [0.25, 0.3) is 0 Å². The lowest BCUT2D eigenvalue weighted by Gasteiger charge is -2.05. The van der Waals surface area contributed by atoms with E-state index in [0.717, 1.165) is 23.2 Å². The number of hydrogen-bond acceptors (Lipinski definition) is 2. The molecule has 2 N–H and O–H groups in total. The normalized spacial score (nSPS) is 10.8. The van der Waals surface area contributed by atoms with Gasteiger partial charge in [-0.3, -0.25) is 4.79 Å². The predicted octanol–water partition coefficient (Wildman–Crippen LogP) is 3.41. The second-order valence-electron chi connectivity index (χ2n) is 4.87. The number of hydrogen-bond donors (Lipinski definition) is 2. The Hall–Kier alpha value is -2.76. The van der Waals surface area contributed by atoms with Gasteiger partial charge in [0.15, 0.2) is 0 Å². The molecule has 22 heavy (non-hydrogen) atoms. The van der Waals surface area contributed by atoms with Crippen molar-refractivity contribution in [3.63, 3.8) is 0 Å². The number of imidazole rings is 1. The number of para-hydroxylation sites is 2. The Morgan fingerprint density at radius 3 is 2.77 bits per heavy atom. The van der Waals surface area contributed by atoms with Gasteiger partial charge in [0.1, 0.15) is 17.5 Å². The quantitative estimate of drug-likeness (QED) is 0.776. The molecule has 0 bridgehead atoms. The zero-order chi connectivity index (χ0) is 15.5. The smallest absolute Gasteiger partial charge is 0.224 e. The Labute approximate surface area is 125 Å². The number of benzene rings is 2. The monoisotopic (exact) mass is 301 g/mol. The van der Waals surface area contributed by atoms with Crippen LogP contribution in [0.5, 0.6) is 0 Å². The number of rotatable bonds is 4. The summed E-state index contributed by atoms with van der Waals surface area (Å²) in [7, 11) is 0. The summed E-state index contributed by atoms with van der Waals surface area (Å²) in [5.74, 6) is -1.14. The first-order valence-electron chi connectivity index (χ1n) is 6.80. The first-order chi connectivity index (χ1) is 10.6. The van der Waals surface area contributed by atoms with Crippen LogP contribution in [0.2, 0.25) is 0 Å². The molecular formula is C16H13F2N3O. The molecule has 0 spiro atoms. The van der Waals surface area contributed by atoms with Crippen molar-refractivity contribution in [1.29, 1.82) is 0 Å². The highest BCUT2D eigenvalue weighted by Crippen LogP contribution is 2.16. The number of aryl methyl sites for hydroxylation is 1. The number of carbonyl (C=O) groups is 1. The molecule has 2 aromatic carbocycles. The summed E-state index contributed by atoms with van der Waals surface area (Å²) in [4.78, 5) is 19.3. The number of nitrogens with zero attached hydrogens (tertiary/aromatic N) is 1. The van der Waals surface area contributed by atoms with E-state index in [1.165, 1.54) is 6.07 Å². The van der Waals surface area contributed by atoms with E-state index in [1.807, 2.05) is 24.3 Å². The summed E-state index contributed by atoms with van der Waals surface area (Å²) in [6.07, 6.45) is 0.556. The highest BCUT2D eigenvalue weighted by molar-refractivity contribution is 5.91. The van der Waals surface area contributed by atoms with Crippen LogP contribution < -0.4 is 5.32 Å². The predicted molar refractivity (Wildman–Crippen MR) is 79.4 cm³/mol. The third kappa shape index (κ3) is 3.11. The third-order valence-electron chi connectivity index (χ3n) is 3.23. The van der Waals surface area contributed by atoms with Crippen molar-refractivity contribution in [2.24, 2.45) is 0 Å². The fraction of sp³-hybridized carbons (Fsp3) is 0.125. The maximum Gasteiger partial charge on any atom is 0.224 e. The summed E-state index contributed by atoms with van der Waals surface area (Å²) in [6.45, 7) is 0. The molecule has 1 aromatic heterocycles. The van der Waals surface area contributed by atoms with Crippen LogP contribution in [0.25, 0.3) is 11.0 Å². The van der Waals surface area contributed by atoms with Crippen LogP contribution in [0, 0.1) is 11.6 Å². The molecule has 0 radical (unpaired) electrons. The van der Waals surface area contributed by atoms with Crippen LogP contribution in [0.4, 0.5) is 14.5 Å². The first kappa shape index (κ1) is 14.2. The van der Waals surface area contributed by atoms with Gasteiger partial charge in [-0.15, -0.1) is 0 Å². The fourth-order valence-corrected chi connectivity index (χ4v) is 2.16. The Morgan fingerprint density at radius 1 is 1.18 bits per heavy atom. The van der Waals surface area contributed by atoms with Crippen molar-refractivity contribution in [2.75, 3.05) is 5.32 Å². The Kier molecular flexibility index (Phi) is 3.82. The molecule has 0 saturated carbocycles.